The van der Waals surface area contributed by atoms with E-state index in [1.54, 1.807) is 12.1 Å². The molecule has 4 nitrogen and oxygen atoms in total. The molecule has 0 bridgehead atoms. The highest BCUT2D eigenvalue weighted by atomic mass is 19.1. The van der Waals surface area contributed by atoms with Crippen molar-refractivity contribution in [2.45, 2.75) is 19.0 Å². The summed E-state index contributed by atoms with van der Waals surface area (Å²) in [5, 5.41) is 3.43. The number of methoxy groups -OCH3 is 1. The molecule has 0 aliphatic carbocycles. The van der Waals surface area contributed by atoms with Gasteiger partial charge >= 0.3 is 0 Å². The van der Waals surface area contributed by atoms with E-state index < -0.39 is 0 Å². The predicted octanol–water partition coefficient (Wildman–Crippen LogP) is 1.31. The second-order valence-electron chi connectivity index (χ2n) is 5.93. The summed E-state index contributed by atoms with van der Waals surface area (Å²) in [5.74, 6) is 0.0444. The van der Waals surface area contributed by atoms with Crippen LogP contribution < -0.4 is 10.1 Å². The Balaban J connectivity index is 1.51. The Kier molecular flexibility index (Phi) is 4.73. The zero-order valence-electron chi connectivity index (χ0n) is 12.6. The summed E-state index contributed by atoms with van der Waals surface area (Å²) in [6.45, 7) is 7.45. The molecule has 1 aromatic carbocycles. The van der Waals surface area contributed by atoms with E-state index in [1.807, 2.05) is 6.07 Å². The van der Waals surface area contributed by atoms with Gasteiger partial charge in [0.1, 0.15) is 0 Å². The number of nitrogens with one attached hydrogen (secondary N) is 1. The third-order valence-electron chi connectivity index (χ3n) is 4.58. The van der Waals surface area contributed by atoms with Gasteiger partial charge in [-0.1, -0.05) is 6.07 Å². The van der Waals surface area contributed by atoms with Crippen LogP contribution in [0.3, 0.4) is 0 Å². The lowest BCUT2D eigenvalue weighted by atomic mass is 10.1. The van der Waals surface area contributed by atoms with Crippen molar-refractivity contribution in [2.75, 3.05) is 46.4 Å². The molecule has 5 heteroatoms. The van der Waals surface area contributed by atoms with Crippen molar-refractivity contribution in [1.82, 2.24) is 15.1 Å². The van der Waals surface area contributed by atoms with Gasteiger partial charge in [-0.2, -0.15) is 0 Å². The van der Waals surface area contributed by atoms with Crippen LogP contribution in [0.5, 0.6) is 5.75 Å². The Bertz CT molecular complexity index is 469. The second kappa shape index (κ2) is 6.73. The van der Waals surface area contributed by atoms with Gasteiger partial charge in [-0.15, -0.1) is 0 Å². The van der Waals surface area contributed by atoms with Crippen LogP contribution in [0.2, 0.25) is 0 Å². The second-order valence-corrected chi connectivity index (χ2v) is 5.93. The van der Waals surface area contributed by atoms with E-state index in [9.17, 15) is 4.39 Å². The molecule has 1 N–H and O–H groups in total. The van der Waals surface area contributed by atoms with Crippen LogP contribution in [-0.2, 0) is 6.54 Å². The standard InChI is InChI=1S/C16H24FN3O/c1-21-16-3-2-13(10-15(16)17)12-19-6-8-20(9-7-19)14-4-5-18-11-14/h2-3,10,14,18H,4-9,11-12H2,1H3. The average molecular weight is 293 g/mol. The van der Waals surface area contributed by atoms with Crippen molar-refractivity contribution in [2.24, 2.45) is 0 Å². The van der Waals surface area contributed by atoms with Gasteiger partial charge in [-0.3, -0.25) is 9.80 Å². The molecule has 21 heavy (non-hydrogen) atoms. The van der Waals surface area contributed by atoms with Crippen molar-refractivity contribution in [1.29, 1.82) is 0 Å². The molecule has 1 aromatic rings. The predicted molar refractivity (Wildman–Crippen MR) is 81.1 cm³/mol. The van der Waals surface area contributed by atoms with Crippen LogP contribution in [0.4, 0.5) is 4.39 Å². The van der Waals surface area contributed by atoms with Crippen molar-refractivity contribution in [3.05, 3.63) is 29.6 Å². The average Bonchev–Trinajstić information content (AvgIpc) is 3.02. The van der Waals surface area contributed by atoms with Crippen LogP contribution in [0.25, 0.3) is 0 Å². The van der Waals surface area contributed by atoms with Crippen molar-refractivity contribution in [3.63, 3.8) is 0 Å². The summed E-state index contributed by atoms with van der Waals surface area (Å²) < 4.78 is 18.7. The van der Waals surface area contributed by atoms with Crippen LogP contribution in [0, 0.1) is 5.82 Å². The molecule has 2 fully saturated rings. The van der Waals surface area contributed by atoms with Gasteiger partial charge in [-0.05, 0) is 30.7 Å². The monoisotopic (exact) mass is 293 g/mol. The van der Waals surface area contributed by atoms with Gasteiger partial charge in [0.2, 0.25) is 0 Å². The lowest BCUT2D eigenvalue weighted by Gasteiger charge is -2.37. The largest absolute Gasteiger partial charge is 0.494 e. The van der Waals surface area contributed by atoms with Gasteiger partial charge in [0.05, 0.1) is 7.11 Å². The zero-order chi connectivity index (χ0) is 14.7. The fraction of sp³-hybridized carbons (Fsp3) is 0.625. The van der Waals surface area contributed by atoms with Gasteiger partial charge in [-0.25, -0.2) is 4.39 Å². The fourth-order valence-corrected chi connectivity index (χ4v) is 3.30. The maximum Gasteiger partial charge on any atom is 0.165 e. The molecule has 2 aliphatic rings. The van der Waals surface area contributed by atoms with E-state index in [4.69, 9.17) is 4.74 Å². The fourth-order valence-electron chi connectivity index (χ4n) is 3.30. The van der Waals surface area contributed by atoms with Crippen LogP contribution in [0.1, 0.15) is 12.0 Å². The molecular formula is C16H24FN3O. The van der Waals surface area contributed by atoms with Crippen molar-refractivity contribution in [3.8, 4) is 5.75 Å². The van der Waals surface area contributed by atoms with Gasteiger partial charge in [0, 0.05) is 45.3 Å². The van der Waals surface area contributed by atoms with Crippen LogP contribution >= 0.6 is 0 Å². The molecular weight excluding hydrogens is 269 g/mol. The Morgan fingerprint density at radius 3 is 2.71 bits per heavy atom. The molecule has 0 aromatic heterocycles. The number of halogens is 1. The quantitative estimate of drug-likeness (QED) is 0.906. The molecule has 0 saturated carbocycles. The molecule has 0 radical (unpaired) electrons. The van der Waals surface area contributed by atoms with Crippen molar-refractivity contribution >= 4 is 0 Å². The van der Waals surface area contributed by atoms with Crippen LogP contribution in [-0.4, -0.2) is 62.2 Å². The summed E-state index contributed by atoms with van der Waals surface area (Å²) in [4.78, 5) is 4.99. The van der Waals surface area contributed by atoms with E-state index in [0.717, 1.165) is 51.4 Å². The minimum atomic E-state index is -0.273. The van der Waals surface area contributed by atoms with E-state index in [0.29, 0.717) is 11.8 Å². The molecule has 116 valence electrons. The summed E-state index contributed by atoms with van der Waals surface area (Å²) in [7, 11) is 1.50. The molecule has 3 rings (SSSR count). The van der Waals surface area contributed by atoms with Gasteiger partial charge in [0.25, 0.3) is 0 Å². The Morgan fingerprint density at radius 1 is 1.29 bits per heavy atom. The minimum Gasteiger partial charge on any atom is -0.494 e. The maximum atomic E-state index is 13.7. The smallest absolute Gasteiger partial charge is 0.165 e. The lowest BCUT2D eigenvalue weighted by Crippen LogP contribution is -2.50. The number of ether oxygens (including phenoxy) is 1. The number of rotatable bonds is 4. The third-order valence-corrected chi connectivity index (χ3v) is 4.58. The number of benzene rings is 1. The highest BCUT2D eigenvalue weighted by molar-refractivity contribution is 5.29. The van der Waals surface area contributed by atoms with E-state index >= 15 is 0 Å². The third kappa shape index (κ3) is 3.54. The maximum absolute atomic E-state index is 13.7. The van der Waals surface area contributed by atoms with Crippen molar-refractivity contribution < 1.29 is 9.13 Å². The topological polar surface area (TPSA) is 27.7 Å². The first kappa shape index (κ1) is 14.8. The molecule has 0 spiro atoms. The normalized spacial score (nSPS) is 24.4. The summed E-state index contributed by atoms with van der Waals surface area (Å²) in [6.07, 6.45) is 1.27. The summed E-state index contributed by atoms with van der Waals surface area (Å²) in [6, 6.07) is 5.97. The van der Waals surface area contributed by atoms with Crippen LogP contribution in [0.15, 0.2) is 18.2 Å². The van der Waals surface area contributed by atoms with Gasteiger partial charge in [0.15, 0.2) is 11.6 Å². The Morgan fingerprint density at radius 2 is 2.10 bits per heavy atom. The highest BCUT2D eigenvalue weighted by Crippen LogP contribution is 2.19. The van der Waals surface area contributed by atoms with E-state index in [2.05, 4.69) is 15.1 Å². The van der Waals surface area contributed by atoms with E-state index in [-0.39, 0.29) is 5.82 Å². The first-order chi connectivity index (χ1) is 10.3. The lowest BCUT2D eigenvalue weighted by molar-refractivity contribution is 0.0980. The summed E-state index contributed by atoms with van der Waals surface area (Å²) >= 11 is 0. The van der Waals surface area contributed by atoms with Gasteiger partial charge < -0.3 is 10.1 Å². The molecule has 2 aliphatic heterocycles. The minimum absolute atomic E-state index is 0.273. The number of nitrogens with zero attached hydrogens (tertiary/aromatic N) is 2. The number of hydrogen-bond acceptors (Lipinski definition) is 4. The number of hydrogen-bond donors (Lipinski definition) is 1. The zero-order valence-corrected chi connectivity index (χ0v) is 12.6. The molecule has 1 atom stereocenters. The highest BCUT2D eigenvalue weighted by Gasteiger charge is 2.25. The first-order valence-corrected chi connectivity index (χ1v) is 7.76. The molecule has 2 heterocycles. The SMILES string of the molecule is COc1ccc(CN2CCN(C3CCNC3)CC2)cc1F. The number of piperazine rings is 1. The Labute approximate surface area is 125 Å². The molecule has 2 saturated heterocycles. The Hall–Kier alpha value is -1.17. The molecule has 0 amide bonds. The first-order valence-electron chi connectivity index (χ1n) is 7.76. The molecule has 1 unspecified atom stereocenters. The van der Waals surface area contributed by atoms with E-state index in [1.165, 1.54) is 13.5 Å². The summed E-state index contributed by atoms with van der Waals surface area (Å²) in [5.41, 5.74) is 1.02.